The van der Waals surface area contributed by atoms with Crippen LogP contribution in [-0.2, 0) is 11.2 Å². The van der Waals surface area contributed by atoms with Crippen LogP contribution in [0.2, 0.25) is 0 Å². The molecule has 1 aromatic carbocycles. The second-order valence-corrected chi connectivity index (χ2v) is 5.56. The molecule has 0 aromatic heterocycles. The SMILES string of the molecule is O=C(Cc1cccc(F)c1F)NC1CCCC1CBr. The highest BCUT2D eigenvalue weighted by Crippen LogP contribution is 2.27. The maximum atomic E-state index is 13.5. The largest absolute Gasteiger partial charge is 0.353 e. The van der Waals surface area contributed by atoms with Gasteiger partial charge in [-0.2, -0.15) is 0 Å². The second-order valence-electron chi connectivity index (χ2n) is 4.91. The molecule has 0 bridgehead atoms. The highest BCUT2D eigenvalue weighted by molar-refractivity contribution is 9.09. The molecule has 1 aromatic rings. The lowest BCUT2D eigenvalue weighted by Gasteiger charge is -2.19. The molecule has 5 heteroatoms. The Balaban J connectivity index is 1.96. The van der Waals surface area contributed by atoms with Gasteiger partial charge >= 0.3 is 0 Å². The predicted molar refractivity (Wildman–Crippen MR) is 73.1 cm³/mol. The lowest BCUT2D eigenvalue weighted by atomic mass is 10.1. The van der Waals surface area contributed by atoms with Crippen LogP contribution < -0.4 is 5.32 Å². The number of rotatable bonds is 4. The molecule has 1 amide bonds. The van der Waals surface area contributed by atoms with Gasteiger partial charge in [-0.3, -0.25) is 4.79 Å². The highest BCUT2D eigenvalue weighted by atomic mass is 79.9. The van der Waals surface area contributed by atoms with Crippen molar-refractivity contribution in [2.24, 2.45) is 5.92 Å². The normalized spacial score (nSPS) is 22.5. The van der Waals surface area contributed by atoms with Crippen molar-refractivity contribution in [1.29, 1.82) is 0 Å². The van der Waals surface area contributed by atoms with E-state index in [0.29, 0.717) is 5.92 Å². The van der Waals surface area contributed by atoms with Crippen molar-refractivity contribution in [2.75, 3.05) is 5.33 Å². The summed E-state index contributed by atoms with van der Waals surface area (Å²) in [5.74, 6) is -1.66. The Morgan fingerprint density at radius 1 is 1.37 bits per heavy atom. The Hall–Kier alpha value is -0.970. The van der Waals surface area contributed by atoms with Crippen LogP contribution >= 0.6 is 15.9 Å². The number of carbonyl (C=O) groups is 1. The van der Waals surface area contributed by atoms with Gasteiger partial charge in [0.2, 0.25) is 5.91 Å². The van der Waals surface area contributed by atoms with Crippen molar-refractivity contribution in [3.8, 4) is 0 Å². The smallest absolute Gasteiger partial charge is 0.224 e. The number of halogens is 3. The van der Waals surface area contributed by atoms with Gasteiger partial charge in [0.25, 0.3) is 0 Å². The summed E-state index contributed by atoms with van der Waals surface area (Å²) in [4.78, 5) is 11.9. The first-order valence-corrected chi connectivity index (χ1v) is 7.52. The van der Waals surface area contributed by atoms with E-state index in [9.17, 15) is 13.6 Å². The fourth-order valence-electron chi connectivity index (χ4n) is 2.53. The molecule has 2 atom stereocenters. The summed E-state index contributed by atoms with van der Waals surface area (Å²) in [6.07, 6.45) is 3.02. The van der Waals surface area contributed by atoms with Crippen molar-refractivity contribution in [3.63, 3.8) is 0 Å². The topological polar surface area (TPSA) is 29.1 Å². The predicted octanol–water partition coefficient (Wildman–Crippen LogP) is 3.19. The maximum absolute atomic E-state index is 13.5. The zero-order chi connectivity index (χ0) is 13.8. The molecule has 0 spiro atoms. The van der Waals surface area contributed by atoms with Gasteiger partial charge in [-0.15, -0.1) is 0 Å². The van der Waals surface area contributed by atoms with E-state index in [-0.39, 0.29) is 23.9 Å². The summed E-state index contributed by atoms with van der Waals surface area (Å²) in [6, 6.07) is 4.05. The van der Waals surface area contributed by atoms with E-state index < -0.39 is 11.6 Å². The first-order valence-electron chi connectivity index (χ1n) is 6.40. The molecule has 19 heavy (non-hydrogen) atoms. The second kappa shape index (κ2) is 6.46. The Morgan fingerprint density at radius 2 is 2.16 bits per heavy atom. The van der Waals surface area contributed by atoms with Crippen molar-refractivity contribution in [3.05, 3.63) is 35.4 Å². The van der Waals surface area contributed by atoms with Gasteiger partial charge < -0.3 is 5.32 Å². The molecule has 1 N–H and O–H groups in total. The Bertz CT molecular complexity index is 467. The molecule has 1 aliphatic carbocycles. The first-order chi connectivity index (χ1) is 9.11. The highest BCUT2D eigenvalue weighted by Gasteiger charge is 2.27. The maximum Gasteiger partial charge on any atom is 0.224 e. The van der Waals surface area contributed by atoms with E-state index >= 15 is 0 Å². The average Bonchev–Trinajstić information content (AvgIpc) is 2.82. The van der Waals surface area contributed by atoms with Gasteiger partial charge in [0, 0.05) is 16.9 Å². The van der Waals surface area contributed by atoms with E-state index in [0.717, 1.165) is 30.7 Å². The summed E-state index contributed by atoms with van der Waals surface area (Å²) in [7, 11) is 0. The van der Waals surface area contributed by atoms with Crippen LogP contribution in [0.1, 0.15) is 24.8 Å². The molecule has 2 unspecified atom stereocenters. The van der Waals surface area contributed by atoms with Crippen LogP contribution in [0.5, 0.6) is 0 Å². The van der Waals surface area contributed by atoms with Crippen LogP contribution in [0.25, 0.3) is 0 Å². The molecule has 1 aliphatic rings. The van der Waals surface area contributed by atoms with Crippen molar-refractivity contribution < 1.29 is 13.6 Å². The number of hydrogen-bond donors (Lipinski definition) is 1. The third kappa shape index (κ3) is 3.53. The fraction of sp³-hybridized carbons (Fsp3) is 0.500. The number of alkyl halides is 1. The number of amides is 1. The quantitative estimate of drug-likeness (QED) is 0.843. The Kier molecular flexibility index (Phi) is 4.91. The van der Waals surface area contributed by atoms with E-state index in [1.54, 1.807) is 0 Å². The van der Waals surface area contributed by atoms with Gasteiger partial charge in [0.15, 0.2) is 11.6 Å². The molecule has 2 nitrogen and oxygen atoms in total. The molecule has 0 heterocycles. The van der Waals surface area contributed by atoms with Gasteiger partial charge in [0.1, 0.15) is 0 Å². The molecular weight excluding hydrogens is 316 g/mol. The zero-order valence-electron chi connectivity index (χ0n) is 10.5. The molecular formula is C14H16BrF2NO. The Morgan fingerprint density at radius 3 is 2.89 bits per heavy atom. The van der Waals surface area contributed by atoms with Crippen LogP contribution in [0, 0.1) is 17.6 Å². The molecule has 1 saturated carbocycles. The van der Waals surface area contributed by atoms with Crippen molar-refractivity contribution in [2.45, 2.75) is 31.7 Å². The summed E-state index contributed by atoms with van der Waals surface area (Å²) < 4.78 is 26.5. The van der Waals surface area contributed by atoms with Gasteiger partial charge in [-0.25, -0.2) is 8.78 Å². The molecule has 0 saturated heterocycles. The minimum atomic E-state index is -0.930. The van der Waals surface area contributed by atoms with Crippen LogP contribution in [0.15, 0.2) is 18.2 Å². The van der Waals surface area contributed by atoms with Gasteiger partial charge in [0.05, 0.1) is 6.42 Å². The van der Waals surface area contributed by atoms with Gasteiger partial charge in [-0.05, 0) is 24.8 Å². The Labute approximate surface area is 119 Å². The minimum Gasteiger partial charge on any atom is -0.353 e. The number of nitrogens with one attached hydrogen (secondary N) is 1. The van der Waals surface area contributed by atoms with E-state index in [4.69, 9.17) is 0 Å². The zero-order valence-corrected chi connectivity index (χ0v) is 12.1. The van der Waals surface area contributed by atoms with E-state index in [1.807, 2.05) is 0 Å². The fourth-order valence-corrected chi connectivity index (χ4v) is 3.30. The molecule has 0 aliphatic heterocycles. The van der Waals surface area contributed by atoms with E-state index in [1.165, 1.54) is 12.1 Å². The lowest BCUT2D eigenvalue weighted by molar-refractivity contribution is -0.121. The summed E-state index contributed by atoms with van der Waals surface area (Å²) in [6.45, 7) is 0. The summed E-state index contributed by atoms with van der Waals surface area (Å²) >= 11 is 3.43. The molecule has 2 rings (SSSR count). The summed E-state index contributed by atoms with van der Waals surface area (Å²) in [5, 5.41) is 3.77. The van der Waals surface area contributed by atoms with Crippen molar-refractivity contribution in [1.82, 2.24) is 5.32 Å². The van der Waals surface area contributed by atoms with Gasteiger partial charge in [-0.1, -0.05) is 34.5 Å². The third-order valence-electron chi connectivity index (χ3n) is 3.59. The molecule has 1 fully saturated rings. The number of carbonyl (C=O) groups excluding carboxylic acids is 1. The minimum absolute atomic E-state index is 0.103. The number of benzene rings is 1. The van der Waals surface area contributed by atoms with Crippen LogP contribution in [-0.4, -0.2) is 17.3 Å². The number of hydrogen-bond acceptors (Lipinski definition) is 1. The van der Waals surface area contributed by atoms with Crippen LogP contribution in [0.4, 0.5) is 8.78 Å². The molecule has 0 radical (unpaired) electrons. The molecule has 104 valence electrons. The van der Waals surface area contributed by atoms with Crippen LogP contribution in [0.3, 0.4) is 0 Å². The first kappa shape index (κ1) is 14.4. The van der Waals surface area contributed by atoms with Crippen molar-refractivity contribution >= 4 is 21.8 Å². The average molecular weight is 332 g/mol. The standard InChI is InChI=1S/C14H16BrF2NO/c15-8-10-4-2-6-12(10)18-13(19)7-9-3-1-5-11(16)14(9)17/h1,3,5,10,12H,2,4,6-8H2,(H,18,19). The lowest BCUT2D eigenvalue weighted by Crippen LogP contribution is -2.38. The third-order valence-corrected chi connectivity index (χ3v) is 4.42. The monoisotopic (exact) mass is 331 g/mol. The summed E-state index contributed by atoms with van der Waals surface area (Å²) in [5.41, 5.74) is 0.103. The van der Waals surface area contributed by atoms with E-state index in [2.05, 4.69) is 21.2 Å².